The summed E-state index contributed by atoms with van der Waals surface area (Å²) in [6.45, 7) is 0. The van der Waals surface area contributed by atoms with E-state index in [1.165, 1.54) is 6.08 Å². The third kappa shape index (κ3) is 6.27. The van der Waals surface area contributed by atoms with Crippen LogP contribution in [0.3, 0.4) is 0 Å². The van der Waals surface area contributed by atoms with Gasteiger partial charge >= 0.3 is 6.03 Å². The summed E-state index contributed by atoms with van der Waals surface area (Å²) >= 11 is 5.83. The third-order valence-electron chi connectivity index (χ3n) is 4.94. The first-order valence-corrected chi connectivity index (χ1v) is 11.0. The number of nitrogens with one attached hydrogen (secondary N) is 3. The number of ether oxygens (including phenoxy) is 1. The summed E-state index contributed by atoms with van der Waals surface area (Å²) in [5.74, 6) is 0.222. The summed E-state index contributed by atoms with van der Waals surface area (Å²) in [7, 11) is 1.61. The van der Waals surface area contributed by atoms with Crippen LogP contribution in [-0.2, 0) is 4.79 Å². The first kappa shape index (κ1) is 23.6. The standard InChI is InChI=1S/C26H22ClN5O3/c1-35-23-14-7-18(8-15-23)25-19(17-32(31-25)22-5-3-2-4-6-22)9-16-24(33)29-30-26(34)28-21-12-10-20(27)11-13-21/h2-17H,1H3,(H,29,33)(H2,28,30,34)/b16-9+. The minimum atomic E-state index is -0.593. The molecule has 0 aliphatic heterocycles. The number of methoxy groups -OCH3 is 1. The van der Waals surface area contributed by atoms with Gasteiger partial charge in [-0.2, -0.15) is 5.10 Å². The van der Waals surface area contributed by atoms with Crippen molar-refractivity contribution < 1.29 is 14.3 Å². The SMILES string of the molecule is COc1ccc(-c2nn(-c3ccccc3)cc2/C=C/C(=O)NNC(=O)Nc2ccc(Cl)cc2)cc1. The highest BCUT2D eigenvalue weighted by Crippen LogP contribution is 2.26. The Labute approximate surface area is 207 Å². The molecule has 3 aromatic carbocycles. The second-order valence-corrected chi connectivity index (χ2v) is 7.79. The van der Waals surface area contributed by atoms with E-state index in [0.717, 1.165) is 22.6 Å². The van der Waals surface area contributed by atoms with Crippen LogP contribution in [0, 0.1) is 0 Å². The molecule has 176 valence electrons. The molecule has 0 fully saturated rings. The zero-order chi connectivity index (χ0) is 24.6. The van der Waals surface area contributed by atoms with Crippen molar-refractivity contribution in [2.45, 2.75) is 0 Å². The third-order valence-corrected chi connectivity index (χ3v) is 5.19. The van der Waals surface area contributed by atoms with Crippen LogP contribution in [0.4, 0.5) is 10.5 Å². The number of hydrogen-bond donors (Lipinski definition) is 3. The smallest absolute Gasteiger partial charge is 0.337 e. The van der Waals surface area contributed by atoms with E-state index in [0.29, 0.717) is 16.4 Å². The number of carbonyl (C=O) groups is 2. The van der Waals surface area contributed by atoms with E-state index in [-0.39, 0.29) is 0 Å². The fourth-order valence-corrected chi connectivity index (χ4v) is 3.34. The number of hydrazine groups is 1. The molecule has 0 radical (unpaired) electrons. The van der Waals surface area contributed by atoms with Crippen LogP contribution in [-0.4, -0.2) is 28.8 Å². The van der Waals surface area contributed by atoms with Gasteiger partial charge in [-0.1, -0.05) is 29.8 Å². The molecule has 0 saturated carbocycles. The molecule has 4 rings (SSSR count). The normalized spacial score (nSPS) is 10.7. The van der Waals surface area contributed by atoms with Gasteiger partial charge in [0, 0.05) is 34.1 Å². The zero-order valence-corrected chi connectivity index (χ0v) is 19.5. The van der Waals surface area contributed by atoms with E-state index in [1.807, 2.05) is 60.8 Å². The summed E-state index contributed by atoms with van der Waals surface area (Å²) < 4.78 is 6.98. The van der Waals surface area contributed by atoms with Crippen molar-refractivity contribution in [2.75, 3.05) is 12.4 Å². The Kier molecular flexibility index (Phi) is 7.44. The summed E-state index contributed by atoms with van der Waals surface area (Å²) in [6.07, 6.45) is 4.79. The Morgan fingerprint density at radius 1 is 0.943 bits per heavy atom. The minimum Gasteiger partial charge on any atom is -0.497 e. The minimum absolute atomic E-state index is 0.510. The summed E-state index contributed by atoms with van der Waals surface area (Å²) in [5, 5.41) is 7.86. The van der Waals surface area contributed by atoms with Gasteiger partial charge < -0.3 is 10.1 Å². The van der Waals surface area contributed by atoms with Gasteiger partial charge in [0.1, 0.15) is 5.75 Å². The number of benzene rings is 3. The molecule has 0 bridgehead atoms. The highest BCUT2D eigenvalue weighted by Gasteiger charge is 2.11. The molecular weight excluding hydrogens is 466 g/mol. The average molecular weight is 488 g/mol. The van der Waals surface area contributed by atoms with E-state index in [9.17, 15) is 9.59 Å². The van der Waals surface area contributed by atoms with Crippen molar-refractivity contribution >= 4 is 35.3 Å². The molecule has 3 amide bonds. The highest BCUT2D eigenvalue weighted by molar-refractivity contribution is 6.30. The van der Waals surface area contributed by atoms with Gasteiger partial charge in [0.25, 0.3) is 5.91 Å². The molecule has 0 spiro atoms. The maximum Gasteiger partial charge on any atom is 0.337 e. The van der Waals surface area contributed by atoms with Crippen molar-refractivity contribution in [3.05, 3.63) is 102 Å². The largest absolute Gasteiger partial charge is 0.497 e. The molecule has 8 nitrogen and oxygen atoms in total. The van der Waals surface area contributed by atoms with Crippen molar-refractivity contribution in [1.29, 1.82) is 0 Å². The van der Waals surface area contributed by atoms with E-state index >= 15 is 0 Å². The number of carbonyl (C=O) groups excluding carboxylic acids is 2. The molecular formula is C26H22ClN5O3. The monoisotopic (exact) mass is 487 g/mol. The first-order valence-electron chi connectivity index (χ1n) is 10.6. The van der Waals surface area contributed by atoms with Crippen LogP contribution in [0.25, 0.3) is 23.0 Å². The van der Waals surface area contributed by atoms with Crippen molar-refractivity contribution in [3.8, 4) is 22.7 Å². The maximum atomic E-state index is 12.3. The van der Waals surface area contributed by atoms with Gasteiger partial charge in [0.2, 0.25) is 0 Å². The molecule has 1 heterocycles. The number of halogens is 1. The maximum absolute atomic E-state index is 12.3. The molecule has 9 heteroatoms. The van der Waals surface area contributed by atoms with E-state index in [2.05, 4.69) is 16.2 Å². The number of urea groups is 1. The van der Waals surface area contributed by atoms with Gasteiger partial charge in [-0.15, -0.1) is 0 Å². The molecule has 0 aliphatic rings. The van der Waals surface area contributed by atoms with Crippen molar-refractivity contribution in [1.82, 2.24) is 20.6 Å². The predicted octanol–water partition coefficient (Wildman–Crippen LogP) is 5.07. The van der Waals surface area contributed by atoms with E-state index in [4.69, 9.17) is 21.4 Å². The lowest BCUT2D eigenvalue weighted by Gasteiger charge is -2.07. The molecule has 0 atom stereocenters. The molecule has 3 N–H and O–H groups in total. The number of nitrogens with zero attached hydrogens (tertiary/aromatic N) is 2. The van der Waals surface area contributed by atoms with Crippen molar-refractivity contribution in [3.63, 3.8) is 0 Å². The summed E-state index contributed by atoms with van der Waals surface area (Å²) in [5.41, 5.74) is 8.33. The Morgan fingerprint density at radius 2 is 1.66 bits per heavy atom. The highest BCUT2D eigenvalue weighted by atomic mass is 35.5. The van der Waals surface area contributed by atoms with Crippen LogP contribution in [0.1, 0.15) is 5.56 Å². The molecule has 1 aromatic heterocycles. The lowest BCUT2D eigenvalue weighted by Crippen LogP contribution is -2.43. The molecule has 4 aromatic rings. The van der Waals surface area contributed by atoms with Crippen molar-refractivity contribution in [2.24, 2.45) is 0 Å². The van der Waals surface area contributed by atoms with Gasteiger partial charge in [0.05, 0.1) is 18.5 Å². The van der Waals surface area contributed by atoms with Crippen LogP contribution in [0.15, 0.2) is 91.1 Å². The quantitative estimate of drug-likeness (QED) is 0.261. The van der Waals surface area contributed by atoms with Crippen LogP contribution >= 0.6 is 11.6 Å². The lowest BCUT2D eigenvalue weighted by atomic mass is 10.1. The molecule has 0 unspecified atom stereocenters. The Bertz CT molecular complexity index is 1330. The fourth-order valence-electron chi connectivity index (χ4n) is 3.22. The topological polar surface area (TPSA) is 97.3 Å². The number of amides is 3. The number of anilines is 1. The number of aromatic nitrogens is 2. The van der Waals surface area contributed by atoms with E-state index < -0.39 is 11.9 Å². The second kappa shape index (κ2) is 11.0. The lowest BCUT2D eigenvalue weighted by molar-refractivity contribution is -0.117. The van der Waals surface area contributed by atoms with Crippen LogP contribution < -0.4 is 20.9 Å². The molecule has 0 aliphatic carbocycles. The number of hydrogen-bond acceptors (Lipinski definition) is 4. The zero-order valence-electron chi connectivity index (χ0n) is 18.7. The summed E-state index contributed by atoms with van der Waals surface area (Å²) in [6, 6.07) is 23.1. The van der Waals surface area contributed by atoms with Gasteiger partial charge in [-0.25, -0.2) is 14.9 Å². The first-order chi connectivity index (χ1) is 17.0. The Balaban J connectivity index is 1.47. The Morgan fingerprint density at radius 3 is 2.34 bits per heavy atom. The summed E-state index contributed by atoms with van der Waals surface area (Å²) in [4.78, 5) is 24.3. The molecule has 0 saturated heterocycles. The number of rotatable bonds is 6. The molecule has 35 heavy (non-hydrogen) atoms. The second-order valence-electron chi connectivity index (χ2n) is 7.35. The Hall–Kier alpha value is -4.56. The predicted molar refractivity (Wildman–Crippen MR) is 136 cm³/mol. The average Bonchev–Trinajstić information content (AvgIpc) is 3.32. The van der Waals surface area contributed by atoms with Crippen LogP contribution in [0.2, 0.25) is 5.02 Å². The van der Waals surface area contributed by atoms with Gasteiger partial charge in [-0.3, -0.25) is 10.2 Å². The van der Waals surface area contributed by atoms with E-state index in [1.54, 1.807) is 42.1 Å². The van der Waals surface area contributed by atoms with Gasteiger partial charge in [-0.05, 0) is 66.7 Å². The van der Waals surface area contributed by atoms with Gasteiger partial charge in [0.15, 0.2) is 0 Å². The number of para-hydroxylation sites is 1. The fraction of sp³-hybridized carbons (Fsp3) is 0.0385. The van der Waals surface area contributed by atoms with Crippen LogP contribution in [0.5, 0.6) is 5.75 Å².